The van der Waals surface area contributed by atoms with Crippen molar-refractivity contribution in [2.24, 2.45) is 0 Å². The first-order valence-electron chi connectivity index (χ1n) is 10.4. The molecule has 2 N–H and O–H groups in total. The van der Waals surface area contributed by atoms with Crippen LogP contribution in [0.25, 0.3) is 10.9 Å². The molecule has 0 aliphatic carbocycles. The molecule has 0 bridgehead atoms. The number of rotatable bonds is 4. The molecule has 1 saturated heterocycles. The van der Waals surface area contributed by atoms with Crippen LogP contribution in [0.15, 0.2) is 30.3 Å². The van der Waals surface area contributed by atoms with Gasteiger partial charge in [-0.3, -0.25) is 4.79 Å². The maximum atomic E-state index is 13.6. The van der Waals surface area contributed by atoms with Crippen LogP contribution in [-0.4, -0.2) is 51.9 Å². The summed E-state index contributed by atoms with van der Waals surface area (Å²) in [6, 6.07) is 7.31. The van der Waals surface area contributed by atoms with Gasteiger partial charge < -0.3 is 24.8 Å². The molecule has 9 nitrogen and oxygen atoms in total. The van der Waals surface area contributed by atoms with Gasteiger partial charge in [0.05, 0.1) is 49.7 Å². The van der Waals surface area contributed by atoms with Gasteiger partial charge in [0, 0.05) is 22.6 Å². The van der Waals surface area contributed by atoms with Crippen molar-refractivity contribution >= 4 is 22.6 Å². The molecule has 172 valence electrons. The van der Waals surface area contributed by atoms with E-state index in [4.69, 9.17) is 15.2 Å². The molecule has 0 saturated carbocycles. The second kappa shape index (κ2) is 8.49. The van der Waals surface area contributed by atoms with Crippen molar-refractivity contribution in [3.63, 3.8) is 0 Å². The summed E-state index contributed by atoms with van der Waals surface area (Å²) in [7, 11) is 0. The summed E-state index contributed by atoms with van der Waals surface area (Å²) in [6.07, 6.45) is 0. The van der Waals surface area contributed by atoms with Gasteiger partial charge in [-0.2, -0.15) is 8.78 Å². The molecule has 2 aliphatic rings. The number of carbonyl (C=O) groups is 1. The van der Waals surface area contributed by atoms with E-state index in [0.29, 0.717) is 42.4 Å². The first-order chi connectivity index (χ1) is 15.9. The van der Waals surface area contributed by atoms with E-state index in [-0.39, 0.29) is 24.4 Å². The molecule has 2 aromatic heterocycles. The molecule has 3 aromatic rings. The molecular weight excluding hydrogens is 436 g/mol. The third-order valence-electron chi connectivity index (χ3n) is 5.87. The zero-order chi connectivity index (χ0) is 23.1. The van der Waals surface area contributed by atoms with E-state index in [1.807, 2.05) is 13.0 Å². The van der Waals surface area contributed by atoms with Crippen LogP contribution in [0.5, 0.6) is 5.88 Å². The maximum Gasteiger partial charge on any atom is 0.388 e. The van der Waals surface area contributed by atoms with E-state index in [9.17, 15) is 13.6 Å². The normalized spacial score (nSPS) is 20.3. The molecule has 2 aliphatic heterocycles. The Kier molecular flexibility index (Phi) is 5.51. The van der Waals surface area contributed by atoms with Crippen LogP contribution in [0.2, 0.25) is 0 Å². The Labute approximate surface area is 187 Å². The monoisotopic (exact) mass is 457 g/mol. The zero-order valence-corrected chi connectivity index (χ0v) is 17.7. The summed E-state index contributed by atoms with van der Waals surface area (Å²) in [6.45, 7) is 0.252. The Morgan fingerprint density at radius 3 is 2.73 bits per heavy atom. The number of morpholine rings is 1. The number of ether oxygens (including phenoxy) is 3. The molecule has 1 fully saturated rings. The molecular formula is C22H21F2N5O4. The van der Waals surface area contributed by atoms with Crippen molar-refractivity contribution in [2.75, 3.05) is 18.9 Å². The number of amides is 1. The number of nitrogen functional groups attached to an aromatic ring is 1. The number of fused-ring (bicyclic) bond motifs is 3. The van der Waals surface area contributed by atoms with Crippen LogP contribution < -0.4 is 10.5 Å². The minimum absolute atomic E-state index is 0.203. The molecule has 33 heavy (non-hydrogen) atoms. The third-order valence-corrected chi connectivity index (χ3v) is 5.87. The van der Waals surface area contributed by atoms with Crippen molar-refractivity contribution in [2.45, 2.75) is 38.8 Å². The largest absolute Gasteiger partial charge is 0.415 e. The molecule has 5 rings (SSSR count). The predicted octanol–water partition coefficient (Wildman–Crippen LogP) is 2.84. The minimum atomic E-state index is -2.99. The first-order valence-corrected chi connectivity index (χ1v) is 10.4. The van der Waals surface area contributed by atoms with Gasteiger partial charge in [-0.1, -0.05) is 0 Å². The molecule has 0 radical (unpaired) electrons. The Balaban J connectivity index is 1.49. The number of nitrogens with zero attached hydrogens (tertiary/aromatic N) is 4. The average Bonchev–Trinajstić information content (AvgIpc) is 3.30. The van der Waals surface area contributed by atoms with Crippen LogP contribution >= 0.6 is 0 Å². The van der Waals surface area contributed by atoms with Crippen molar-refractivity contribution in [1.29, 1.82) is 0 Å². The van der Waals surface area contributed by atoms with Gasteiger partial charge in [0.15, 0.2) is 0 Å². The maximum absolute atomic E-state index is 13.6. The highest BCUT2D eigenvalue weighted by Crippen LogP contribution is 2.33. The summed E-state index contributed by atoms with van der Waals surface area (Å²) >= 11 is 0. The van der Waals surface area contributed by atoms with Crippen molar-refractivity contribution in [3.05, 3.63) is 52.7 Å². The number of pyridine rings is 1. The Hall–Kier alpha value is -3.44. The van der Waals surface area contributed by atoms with E-state index >= 15 is 0 Å². The number of carbonyl (C=O) groups excluding carboxylic acids is 1. The number of hydrogen-bond acceptors (Lipinski definition) is 8. The summed E-state index contributed by atoms with van der Waals surface area (Å²) < 4.78 is 40.3. The zero-order valence-electron chi connectivity index (χ0n) is 17.7. The molecule has 1 aromatic carbocycles. The van der Waals surface area contributed by atoms with Gasteiger partial charge in [-0.25, -0.2) is 4.98 Å². The standard InChI is InChI=1S/C22H21F2N5O4/c1-11-7-31-10-18(17-4-5-19(28-27-17)33-22(23)24)29(11)21(30)12-2-3-16-13(6-12)14-8-32-9-15(14)20(25)26-16/h2-6,11,18,22H,7-10H2,1H3,(H2,25,26)/t11-,18-/m1/s1. The summed E-state index contributed by atoms with van der Waals surface area (Å²) in [5, 5.41) is 8.52. The second-order valence-electron chi connectivity index (χ2n) is 7.97. The summed E-state index contributed by atoms with van der Waals surface area (Å²) in [5.41, 5.74) is 9.44. The lowest BCUT2D eigenvalue weighted by Gasteiger charge is -2.40. The van der Waals surface area contributed by atoms with Gasteiger partial charge >= 0.3 is 6.61 Å². The highest BCUT2D eigenvalue weighted by molar-refractivity contribution is 5.99. The number of benzene rings is 1. The van der Waals surface area contributed by atoms with E-state index in [1.165, 1.54) is 12.1 Å². The van der Waals surface area contributed by atoms with Gasteiger partial charge in [-0.15, -0.1) is 10.2 Å². The lowest BCUT2D eigenvalue weighted by atomic mass is 10.0. The number of halogens is 2. The number of hydrogen-bond donors (Lipinski definition) is 1. The van der Waals surface area contributed by atoms with Gasteiger partial charge in [0.25, 0.3) is 5.91 Å². The predicted molar refractivity (Wildman–Crippen MR) is 113 cm³/mol. The SMILES string of the molecule is C[C@@H]1COC[C@H](c2ccc(OC(F)F)nn2)N1C(=O)c1ccc2nc(N)c3c(c2c1)COC3. The lowest BCUT2D eigenvalue weighted by Crippen LogP contribution is -2.49. The average molecular weight is 457 g/mol. The van der Waals surface area contributed by atoms with Gasteiger partial charge in [0.1, 0.15) is 5.82 Å². The number of aromatic nitrogens is 3. The van der Waals surface area contributed by atoms with E-state index in [1.54, 1.807) is 17.0 Å². The third kappa shape index (κ3) is 3.93. The minimum Gasteiger partial charge on any atom is -0.415 e. The highest BCUT2D eigenvalue weighted by atomic mass is 19.3. The van der Waals surface area contributed by atoms with E-state index in [0.717, 1.165) is 16.5 Å². The van der Waals surface area contributed by atoms with Crippen LogP contribution in [0.1, 0.15) is 40.1 Å². The molecule has 0 spiro atoms. The summed E-state index contributed by atoms with van der Waals surface area (Å²) in [5.74, 6) is -0.0699. The first kappa shape index (κ1) is 21.4. The van der Waals surface area contributed by atoms with Crippen LogP contribution in [0.3, 0.4) is 0 Å². The molecule has 0 unspecified atom stereocenters. The molecule has 11 heteroatoms. The highest BCUT2D eigenvalue weighted by Gasteiger charge is 2.35. The molecule has 2 atom stereocenters. The van der Waals surface area contributed by atoms with Gasteiger partial charge in [-0.05, 0) is 36.8 Å². The second-order valence-corrected chi connectivity index (χ2v) is 7.97. The Morgan fingerprint density at radius 1 is 1.15 bits per heavy atom. The van der Waals surface area contributed by atoms with E-state index in [2.05, 4.69) is 19.9 Å². The smallest absolute Gasteiger partial charge is 0.388 e. The van der Waals surface area contributed by atoms with Crippen molar-refractivity contribution in [1.82, 2.24) is 20.1 Å². The molecule has 4 heterocycles. The summed E-state index contributed by atoms with van der Waals surface area (Å²) in [4.78, 5) is 19.8. The number of alkyl halides is 2. The van der Waals surface area contributed by atoms with Gasteiger partial charge in [0.2, 0.25) is 5.88 Å². The fourth-order valence-electron chi connectivity index (χ4n) is 4.30. The fourth-order valence-corrected chi connectivity index (χ4v) is 4.30. The number of anilines is 1. The van der Waals surface area contributed by atoms with Crippen molar-refractivity contribution < 1.29 is 27.8 Å². The van der Waals surface area contributed by atoms with Crippen LogP contribution in [-0.2, 0) is 22.7 Å². The lowest BCUT2D eigenvalue weighted by molar-refractivity contribution is -0.0538. The van der Waals surface area contributed by atoms with Crippen molar-refractivity contribution in [3.8, 4) is 5.88 Å². The molecule has 1 amide bonds. The van der Waals surface area contributed by atoms with E-state index < -0.39 is 12.7 Å². The Morgan fingerprint density at radius 2 is 1.97 bits per heavy atom. The quantitative estimate of drug-likeness (QED) is 0.637. The van der Waals surface area contributed by atoms with Crippen LogP contribution in [0.4, 0.5) is 14.6 Å². The fraction of sp³-hybridized carbons (Fsp3) is 0.364. The van der Waals surface area contributed by atoms with Crippen LogP contribution in [0, 0.1) is 0 Å². The Bertz CT molecular complexity index is 1210. The number of nitrogens with two attached hydrogens (primary N) is 1. The topological polar surface area (TPSA) is 113 Å².